The highest BCUT2D eigenvalue weighted by Gasteiger charge is 2.05. The van der Waals surface area contributed by atoms with Gasteiger partial charge in [0.15, 0.2) is 5.82 Å². The van der Waals surface area contributed by atoms with Gasteiger partial charge in [-0.2, -0.15) is 5.10 Å². The third kappa shape index (κ3) is 4.58. The first-order valence-electron chi connectivity index (χ1n) is 8.12. The van der Waals surface area contributed by atoms with Crippen molar-refractivity contribution < 1.29 is 4.74 Å². The summed E-state index contributed by atoms with van der Waals surface area (Å²) in [4.78, 5) is 0. The van der Waals surface area contributed by atoms with E-state index in [1.54, 1.807) is 16.8 Å². The molecule has 8 heteroatoms. The number of aromatic nitrogens is 3. The zero-order valence-electron chi connectivity index (χ0n) is 14.1. The van der Waals surface area contributed by atoms with Gasteiger partial charge in [-0.15, -0.1) is 0 Å². The van der Waals surface area contributed by atoms with Gasteiger partial charge in [0, 0.05) is 22.0 Å². The predicted octanol–water partition coefficient (Wildman–Crippen LogP) is 5.13. The highest BCUT2D eigenvalue weighted by Crippen LogP contribution is 2.23. The van der Waals surface area contributed by atoms with Gasteiger partial charge in [-0.05, 0) is 42.0 Å². The third-order valence-corrected chi connectivity index (χ3v) is 4.69. The first-order chi connectivity index (χ1) is 12.6. The molecule has 0 aliphatic heterocycles. The molecular weight excluding hydrogens is 391 g/mol. The number of aromatic amines is 1. The second-order valence-electron chi connectivity index (χ2n) is 5.64. The number of H-pyrrole nitrogens is 1. The summed E-state index contributed by atoms with van der Waals surface area (Å²) in [5, 5.41) is 8.17. The number of hydrogen-bond donors (Lipinski definition) is 2. The highest BCUT2D eigenvalue weighted by molar-refractivity contribution is 7.71. The van der Waals surface area contributed by atoms with Gasteiger partial charge in [-0.1, -0.05) is 48.3 Å². The molecule has 0 saturated heterocycles. The summed E-state index contributed by atoms with van der Waals surface area (Å²) in [5.74, 6) is 1.64. The predicted molar refractivity (Wildman–Crippen MR) is 107 cm³/mol. The van der Waals surface area contributed by atoms with E-state index in [-0.39, 0.29) is 0 Å². The number of benzene rings is 2. The Balaban J connectivity index is 1.58. The lowest BCUT2D eigenvalue weighted by atomic mass is 10.2. The van der Waals surface area contributed by atoms with Crippen LogP contribution in [0.3, 0.4) is 0 Å². The van der Waals surface area contributed by atoms with E-state index in [0.717, 1.165) is 29.1 Å². The van der Waals surface area contributed by atoms with Gasteiger partial charge in [-0.25, -0.2) is 4.68 Å². The van der Waals surface area contributed by atoms with E-state index in [9.17, 15) is 0 Å². The van der Waals surface area contributed by atoms with Gasteiger partial charge in [-0.3, -0.25) is 5.10 Å². The number of aryl methyl sites for hydroxylation is 1. The van der Waals surface area contributed by atoms with Crippen LogP contribution in [-0.4, -0.2) is 14.9 Å². The summed E-state index contributed by atoms with van der Waals surface area (Å²) in [6.07, 6.45) is 0.792. The van der Waals surface area contributed by atoms with Crippen molar-refractivity contribution in [1.29, 1.82) is 0 Å². The second-order valence-corrected chi connectivity index (χ2v) is 6.87. The maximum atomic E-state index is 6.16. The van der Waals surface area contributed by atoms with E-state index in [1.807, 2.05) is 37.3 Å². The standard InChI is InChI=1S/C18H18Cl2N4OS/c1-2-17-22-23-18(26)24(17)21-10-12-3-7-15(8-4-12)25-11-13-5-6-14(19)9-16(13)20/h3-9,21H,2,10-11H2,1H3,(H,23,26). The van der Waals surface area contributed by atoms with Gasteiger partial charge in [0.1, 0.15) is 12.4 Å². The molecule has 0 spiro atoms. The minimum Gasteiger partial charge on any atom is -0.489 e. The summed E-state index contributed by atoms with van der Waals surface area (Å²) in [6, 6.07) is 13.2. The molecule has 2 aromatic carbocycles. The Morgan fingerprint density at radius 2 is 1.96 bits per heavy atom. The molecule has 3 rings (SSSR count). The van der Waals surface area contributed by atoms with Crippen LogP contribution in [-0.2, 0) is 19.6 Å². The molecule has 0 fully saturated rings. The number of ether oxygens (including phenoxy) is 1. The SMILES string of the molecule is CCc1n[nH]c(=S)n1NCc1ccc(OCc2ccc(Cl)cc2Cl)cc1. The van der Waals surface area contributed by atoms with Gasteiger partial charge in [0.25, 0.3) is 0 Å². The topological polar surface area (TPSA) is 54.9 Å². The fourth-order valence-electron chi connectivity index (χ4n) is 2.40. The number of halogens is 2. The van der Waals surface area contributed by atoms with Gasteiger partial charge in [0.05, 0.1) is 6.54 Å². The molecule has 2 N–H and O–H groups in total. The fourth-order valence-corrected chi connectivity index (χ4v) is 3.08. The van der Waals surface area contributed by atoms with Crippen molar-refractivity contribution in [3.63, 3.8) is 0 Å². The smallest absolute Gasteiger partial charge is 0.214 e. The zero-order valence-corrected chi connectivity index (χ0v) is 16.5. The summed E-state index contributed by atoms with van der Waals surface area (Å²) in [5.41, 5.74) is 5.26. The van der Waals surface area contributed by atoms with E-state index in [4.69, 9.17) is 40.2 Å². The summed E-state index contributed by atoms with van der Waals surface area (Å²) in [6.45, 7) is 3.05. The lowest BCUT2D eigenvalue weighted by Crippen LogP contribution is -2.17. The molecule has 5 nitrogen and oxygen atoms in total. The van der Waals surface area contributed by atoms with Crippen LogP contribution in [0.2, 0.25) is 10.0 Å². The Kier molecular flexibility index (Phi) is 6.19. The van der Waals surface area contributed by atoms with Crippen molar-refractivity contribution in [2.75, 3.05) is 5.43 Å². The quantitative estimate of drug-likeness (QED) is 0.531. The third-order valence-electron chi connectivity index (χ3n) is 3.83. The lowest BCUT2D eigenvalue weighted by molar-refractivity contribution is 0.306. The number of hydrogen-bond acceptors (Lipinski definition) is 4. The van der Waals surface area contributed by atoms with Crippen LogP contribution in [0, 0.1) is 4.77 Å². The molecule has 1 aromatic heterocycles. The van der Waals surface area contributed by atoms with E-state index >= 15 is 0 Å². The first-order valence-corrected chi connectivity index (χ1v) is 9.29. The van der Waals surface area contributed by atoms with E-state index in [1.165, 1.54) is 0 Å². The molecule has 26 heavy (non-hydrogen) atoms. The van der Waals surface area contributed by atoms with Crippen molar-refractivity contribution in [3.8, 4) is 5.75 Å². The molecule has 3 aromatic rings. The minimum absolute atomic E-state index is 0.387. The first kappa shape index (κ1) is 18.8. The van der Waals surface area contributed by atoms with Crippen LogP contribution in [0.15, 0.2) is 42.5 Å². The fraction of sp³-hybridized carbons (Fsp3) is 0.222. The highest BCUT2D eigenvalue weighted by atomic mass is 35.5. The van der Waals surface area contributed by atoms with E-state index in [2.05, 4.69) is 15.6 Å². The van der Waals surface area contributed by atoms with Crippen LogP contribution < -0.4 is 10.2 Å². The van der Waals surface area contributed by atoms with E-state index < -0.39 is 0 Å². The molecule has 0 unspecified atom stereocenters. The normalized spacial score (nSPS) is 10.7. The van der Waals surface area contributed by atoms with Crippen LogP contribution in [0.4, 0.5) is 0 Å². The van der Waals surface area contributed by atoms with Crippen molar-refractivity contribution in [1.82, 2.24) is 14.9 Å². The van der Waals surface area contributed by atoms with Gasteiger partial charge >= 0.3 is 0 Å². The van der Waals surface area contributed by atoms with Crippen LogP contribution >= 0.6 is 35.4 Å². The van der Waals surface area contributed by atoms with Crippen LogP contribution in [0.1, 0.15) is 23.9 Å². The minimum atomic E-state index is 0.387. The molecule has 0 aliphatic carbocycles. The molecular formula is C18H18Cl2N4OS. The molecule has 136 valence electrons. The number of nitrogens with zero attached hydrogens (tertiary/aromatic N) is 2. The number of rotatable bonds is 7. The molecule has 0 amide bonds. The summed E-state index contributed by atoms with van der Waals surface area (Å²) >= 11 is 17.3. The summed E-state index contributed by atoms with van der Waals surface area (Å²) in [7, 11) is 0. The monoisotopic (exact) mass is 408 g/mol. The molecule has 0 saturated carbocycles. The average Bonchev–Trinajstić information content (AvgIpc) is 3.00. The van der Waals surface area contributed by atoms with Crippen LogP contribution in [0.5, 0.6) is 5.75 Å². The Hall–Kier alpha value is -2.02. The largest absolute Gasteiger partial charge is 0.489 e. The van der Waals surface area contributed by atoms with Gasteiger partial charge < -0.3 is 10.2 Å². The molecule has 0 atom stereocenters. The van der Waals surface area contributed by atoms with Crippen molar-refractivity contribution in [3.05, 3.63) is 74.2 Å². The molecule has 1 heterocycles. The van der Waals surface area contributed by atoms with Crippen molar-refractivity contribution in [2.24, 2.45) is 0 Å². The van der Waals surface area contributed by atoms with Crippen molar-refractivity contribution >= 4 is 35.4 Å². The maximum absolute atomic E-state index is 6.16. The summed E-state index contributed by atoms with van der Waals surface area (Å²) < 4.78 is 8.14. The van der Waals surface area contributed by atoms with Crippen molar-refractivity contribution in [2.45, 2.75) is 26.5 Å². The Labute approximate surface area is 166 Å². The lowest BCUT2D eigenvalue weighted by Gasteiger charge is -2.11. The maximum Gasteiger partial charge on any atom is 0.214 e. The second kappa shape index (κ2) is 8.58. The van der Waals surface area contributed by atoms with Crippen LogP contribution in [0.25, 0.3) is 0 Å². The Bertz CT molecular complexity index is 937. The molecule has 0 radical (unpaired) electrons. The molecule has 0 bridgehead atoms. The average molecular weight is 409 g/mol. The Morgan fingerprint density at radius 1 is 1.19 bits per heavy atom. The van der Waals surface area contributed by atoms with E-state index in [0.29, 0.717) is 28.0 Å². The Morgan fingerprint density at radius 3 is 2.65 bits per heavy atom. The number of nitrogens with one attached hydrogen (secondary N) is 2. The molecule has 0 aliphatic rings. The van der Waals surface area contributed by atoms with Gasteiger partial charge in [0.2, 0.25) is 4.77 Å². The zero-order chi connectivity index (χ0) is 18.5.